The molecule has 0 heterocycles. The Kier molecular flexibility index (Phi) is 8.76. The SMILES string of the molecule is COc1ccc(/C=C/C(=O)NC(=S)Nc2ccccc2C(=O)NCc2ccccc2)cc1OC. The molecule has 3 N–H and O–H groups in total. The van der Waals surface area contributed by atoms with E-state index in [0.717, 1.165) is 11.1 Å². The van der Waals surface area contributed by atoms with Crippen molar-refractivity contribution in [2.45, 2.75) is 6.54 Å². The van der Waals surface area contributed by atoms with Gasteiger partial charge >= 0.3 is 0 Å². The zero-order valence-electron chi connectivity index (χ0n) is 18.8. The van der Waals surface area contributed by atoms with E-state index < -0.39 is 5.91 Å². The lowest BCUT2D eigenvalue weighted by Gasteiger charge is -2.13. The lowest BCUT2D eigenvalue weighted by Crippen LogP contribution is -2.33. The summed E-state index contributed by atoms with van der Waals surface area (Å²) in [6.45, 7) is 0.399. The number of carbonyl (C=O) groups is 2. The van der Waals surface area contributed by atoms with E-state index in [1.165, 1.54) is 6.08 Å². The van der Waals surface area contributed by atoms with Crippen LogP contribution in [0.15, 0.2) is 78.9 Å². The molecule has 0 atom stereocenters. The number of ether oxygens (including phenoxy) is 2. The molecule has 2 amide bonds. The fourth-order valence-corrected chi connectivity index (χ4v) is 3.31. The molecule has 3 aromatic carbocycles. The van der Waals surface area contributed by atoms with Crippen molar-refractivity contribution in [1.29, 1.82) is 0 Å². The zero-order valence-corrected chi connectivity index (χ0v) is 19.6. The first-order valence-electron chi connectivity index (χ1n) is 10.4. The summed E-state index contributed by atoms with van der Waals surface area (Å²) < 4.78 is 10.5. The smallest absolute Gasteiger partial charge is 0.253 e. The largest absolute Gasteiger partial charge is 0.493 e. The first kappa shape index (κ1) is 24.5. The monoisotopic (exact) mass is 475 g/mol. The number of amides is 2. The highest BCUT2D eigenvalue weighted by Gasteiger charge is 2.12. The average molecular weight is 476 g/mol. The van der Waals surface area contributed by atoms with Crippen LogP contribution in [0.4, 0.5) is 5.69 Å². The van der Waals surface area contributed by atoms with E-state index in [1.807, 2.05) is 30.3 Å². The van der Waals surface area contributed by atoms with Gasteiger partial charge in [0.1, 0.15) is 0 Å². The van der Waals surface area contributed by atoms with Gasteiger partial charge in [0.25, 0.3) is 5.91 Å². The molecule has 0 aliphatic heterocycles. The van der Waals surface area contributed by atoms with Crippen molar-refractivity contribution >= 4 is 40.9 Å². The summed E-state index contributed by atoms with van der Waals surface area (Å²) in [6, 6.07) is 21.9. The Morgan fingerprint density at radius 2 is 1.62 bits per heavy atom. The van der Waals surface area contributed by atoms with Gasteiger partial charge in [0.2, 0.25) is 5.91 Å². The number of hydrogen-bond acceptors (Lipinski definition) is 5. The van der Waals surface area contributed by atoms with E-state index in [4.69, 9.17) is 21.7 Å². The summed E-state index contributed by atoms with van der Waals surface area (Å²) in [5, 5.41) is 8.46. The van der Waals surface area contributed by atoms with Crippen LogP contribution < -0.4 is 25.4 Å². The lowest BCUT2D eigenvalue weighted by molar-refractivity contribution is -0.115. The van der Waals surface area contributed by atoms with Crippen LogP contribution >= 0.6 is 12.2 Å². The fourth-order valence-electron chi connectivity index (χ4n) is 3.10. The zero-order chi connectivity index (χ0) is 24.3. The minimum absolute atomic E-state index is 0.0743. The van der Waals surface area contributed by atoms with Gasteiger partial charge in [-0.15, -0.1) is 0 Å². The van der Waals surface area contributed by atoms with Crippen LogP contribution in [0.5, 0.6) is 11.5 Å². The molecule has 0 spiro atoms. The molecule has 174 valence electrons. The standard InChI is InChI=1S/C26H25N3O4S/c1-32-22-14-12-18(16-23(22)33-2)13-15-24(30)29-26(34)28-21-11-7-6-10-20(21)25(31)27-17-19-8-4-3-5-9-19/h3-16H,17H2,1-2H3,(H,27,31)(H2,28,29,30,34)/b15-13+. The number of carbonyl (C=O) groups excluding carboxylic acids is 2. The Morgan fingerprint density at radius 1 is 0.912 bits per heavy atom. The molecule has 0 unspecified atom stereocenters. The van der Waals surface area contributed by atoms with Crippen LogP contribution in [-0.2, 0) is 11.3 Å². The number of methoxy groups -OCH3 is 2. The van der Waals surface area contributed by atoms with Gasteiger partial charge in [0.05, 0.1) is 25.5 Å². The summed E-state index contributed by atoms with van der Waals surface area (Å²) in [5.41, 5.74) is 2.65. The van der Waals surface area contributed by atoms with E-state index in [0.29, 0.717) is 29.3 Å². The third-order valence-electron chi connectivity index (χ3n) is 4.79. The molecule has 3 rings (SSSR count). The summed E-state index contributed by atoms with van der Waals surface area (Å²) >= 11 is 5.26. The molecule has 0 aliphatic rings. The van der Waals surface area contributed by atoms with E-state index in [2.05, 4.69) is 16.0 Å². The second kappa shape index (κ2) is 12.2. The topological polar surface area (TPSA) is 88.7 Å². The van der Waals surface area contributed by atoms with E-state index in [-0.39, 0.29) is 11.0 Å². The number of rotatable bonds is 8. The second-order valence-electron chi connectivity index (χ2n) is 7.10. The molecule has 3 aromatic rings. The third-order valence-corrected chi connectivity index (χ3v) is 4.99. The Bertz CT molecular complexity index is 1200. The second-order valence-corrected chi connectivity index (χ2v) is 7.51. The number of thiocarbonyl (C=S) groups is 1. The quantitative estimate of drug-likeness (QED) is 0.335. The fraction of sp³-hybridized carbons (Fsp3) is 0.115. The van der Waals surface area contributed by atoms with Gasteiger partial charge in [-0.2, -0.15) is 0 Å². The summed E-state index contributed by atoms with van der Waals surface area (Å²) in [5.74, 6) is 0.484. The molecule has 7 nitrogen and oxygen atoms in total. The van der Waals surface area contributed by atoms with Crippen molar-refractivity contribution in [3.05, 3.63) is 95.6 Å². The van der Waals surface area contributed by atoms with Crippen LogP contribution in [0.3, 0.4) is 0 Å². The van der Waals surface area contributed by atoms with Gasteiger partial charge in [-0.3, -0.25) is 14.9 Å². The molecule has 34 heavy (non-hydrogen) atoms. The molecule has 0 aromatic heterocycles. The highest BCUT2D eigenvalue weighted by atomic mass is 32.1. The third kappa shape index (κ3) is 6.91. The highest BCUT2D eigenvalue weighted by Crippen LogP contribution is 2.27. The van der Waals surface area contributed by atoms with Crippen molar-refractivity contribution in [2.75, 3.05) is 19.5 Å². The van der Waals surface area contributed by atoms with Crippen molar-refractivity contribution in [2.24, 2.45) is 0 Å². The summed E-state index contributed by atoms with van der Waals surface area (Å²) in [7, 11) is 3.10. The molecular formula is C26H25N3O4S. The number of benzene rings is 3. The van der Waals surface area contributed by atoms with Gasteiger partial charge in [0.15, 0.2) is 16.6 Å². The number of anilines is 1. The van der Waals surface area contributed by atoms with E-state index in [9.17, 15) is 9.59 Å². The maximum Gasteiger partial charge on any atom is 0.253 e. The molecule has 0 fully saturated rings. The van der Waals surface area contributed by atoms with Crippen molar-refractivity contribution in [1.82, 2.24) is 10.6 Å². The molecule has 0 radical (unpaired) electrons. The molecule has 0 aliphatic carbocycles. The molecule has 0 saturated carbocycles. The average Bonchev–Trinajstić information content (AvgIpc) is 2.86. The van der Waals surface area contributed by atoms with E-state index in [1.54, 1.807) is 62.8 Å². The van der Waals surface area contributed by atoms with Gasteiger partial charge < -0.3 is 20.1 Å². The van der Waals surface area contributed by atoms with Crippen LogP contribution in [-0.4, -0.2) is 31.1 Å². The first-order valence-corrected chi connectivity index (χ1v) is 10.8. The minimum atomic E-state index is -0.418. The van der Waals surface area contributed by atoms with Crippen LogP contribution in [0.1, 0.15) is 21.5 Å². The molecule has 8 heteroatoms. The number of nitrogens with one attached hydrogen (secondary N) is 3. The number of hydrogen-bond donors (Lipinski definition) is 3. The summed E-state index contributed by atoms with van der Waals surface area (Å²) in [6.07, 6.45) is 2.98. The summed E-state index contributed by atoms with van der Waals surface area (Å²) in [4.78, 5) is 25.0. The molecule has 0 saturated heterocycles. The van der Waals surface area contributed by atoms with Gasteiger partial charge in [0, 0.05) is 12.6 Å². The Labute approximate surface area is 203 Å². The van der Waals surface area contributed by atoms with Crippen LogP contribution in [0.25, 0.3) is 6.08 Å². The van der Waals surface area contributed by atoms with Gasteiger partial charge in [-0.25, -0.2) is 0 Å². The predicted molar refractivity (Wildman–Crippen MR) is 137 cm³/mol. The molecular weight excluding hydrogens is 450 g/mol. The van der Waals surface area contributed by atoms with Gasteiger partial charge in [-0.1, -0.05) is 48.5 Å². The van der Waals surface area contributed by atoms with E-state index >= 15 is 0 Å². The van der Waals surface area contributed by atoms with Crippen molar-refractivity contribution < 1.29 is 19.1 Å². The normalized spacial score (nSPS) is 10.4. The minimum Gasteiger partial charge on any atom is -0.493 e. The Balaban J connectivity index is 1.59. The predicted octanol–water partition coefficient (Wildman–Crippen LogP) is 4.16. The van der Waals surface area contributed by atoms with Crippen LogP contribution in [0.2, 0.25) is 0 Å². The van der Waals surface area contributed by atoms with Gasteiger partial charge in [-0.05, 0) is 53.7 Å². The Morgan fingerprint density at radius 3 is 2.35 bits per heavy atom. The lowest BCUT2D eigenvalue weighted by atomic mass is 10.1. The maximum absolute atomic E-state index is 12.7. The Hall–Kier alpha value is -4.17. The van der Waals surface area contributed by atoms with Crippen LogP contribution in [0, 0.1) is 0 Å². The first-order chi connectivity index (χ1) is 16.5. The highest BCUT2D eigenvalue weighted by molar-refractivity contribution is 7.80. The number of para-hydroxylation sites is 1. The maximum atomic E-state index is 12.7. The van der Waals surface area contributed by atoms with Crippen molar-refractivity contribution in [3.8, 4) is 11.5 Å². The molecule has 0 bridgehead atoms. The van der Waals surface area contributed by atoms with Crippen molar-refractivity contribution in [3.63, 3.8) is 0 Å².